The van der Waals surface area contributed by atoms with Crippen molar-refractivity contribution in [1.29, 1.82) is 0 Å². The Bertz CT molecular complexity index is 300. The fraction of sp³-hybridized carbons (Fsp3) is 0.500. The smallest absolute Gasteiger partial charge is 0.122 e. The highest BCUT2D eigenvalue weighted by atomic mass is 16.1. The first-order valence-corrected chi connectivity index (χ1v) is 5.53. The van der Waals surface area contributed by atoms with E-state index in [9.17, 15) is 4.79 Å². The lowest BCUT2D eigenvalue weighted by Crippen LogP contribution is -2.19. The van der Waals surface area contributed by atoms with Crippen molar-refractivity contribution < 1.29 is 4.79 Å². The second-order valence-electron chi connectivity index (χ2n) is 5.14. The molecule has 1 nitrogen and oxygen atoms in total. The molecule has 1 rings (SSSR count). The van der Waals surface area contributed by atoms with E-state index >= 15 is 0 Å². The Labute approximate surface area is 92.5 Å². The largest absolute Gasteiger partial charge is 0.303 e. The third-order valence-corrected chi connectivity index (χ3v) is 2.63. The maximum Gasteiger partial charge on any atom is 0.122 e. The lowest BCUT2D eigenvalue weighted by atomic mass is 9.79. The summed E-state index contributed by atoms with van der Waals surface area (Å²) < 4.78 is 0. The first-order valence-electron chi connectivity index (χ1n) is 5.53. The number of hydrogen-bond donors (Lipinski definition) is 0. The minimum Gasteiger partial charge on any atom is -0.303 e. The molecule has 1 aromatic rings. The van der Waals surface area contributed by atoms with Crippen molar-refractivity contribution in [3.05, 3.63) is 35.9 Å². The molecule has 0 aliphatic rings. The van der Waals surface area contributed by atoms with E-state index in [1.165, 1.54) is 5.56 Å². The van der Waals surface area contributed by atoms with Crippen LogP contribution in [0.15, 0.2) is 30.3 Å². The first kappa shape index (κ1) is 12.0. The standard InChI is InChI=1S/C14H20O/c1-12(11-15)9-14(2,3)10-13-7-5-4-6-8-13/h4-8,11-12H,9-10H2,1-3H3/t12-/m0/s1. The van der Waals surface area contributed by atoms with Gasteiger partial charge < -0.3 is 4.79 Å². The van der Waals surface area contributed by atoms with Gasteiger partial charge in [0.2, 0.25) is 0 Å². The quantitative estimate of drug-likeness (QED) is 0.671. The molecule has 82 valence electrons. The van der Waals surface area contributed by atoms with E-state index in [0.717, 1.165) is 19.1 Å². The highest BCUT2D eigenvalue weighted by molar-refractivity contribution is 5.52. The van der Waals surface area contributed by atoms with Crippen LogP contribution < -0.4 is 0 Å². The number of carbonyl (C=O) groups excluding carboxylic acids is 1. The average Bonchev–Trinajstić information content (AvgIpc) is 2.17. The van der Waals surface area contributed by atoms with Crippen LogP contribution in [0.4, 0.5) is 0 Å². The summed E-state index contributed by atoms with van der Waals surface area (Å²) in [4.78, 5) is 10.6. The van der Waals surface area contributed by atoms with E-state index < -0.39 is 0 Å². The fourth-order valence-electron chi connectivity index (χ4n) is 2.14. The lowest BCUT2D eigenvalue weighted by molar-refractivity contribution is -0.111. The predicted molar refractivity (Wildman–Crippen MR) is 63.8 cm³/mol. The van der Waals surface area contributed by atoms with Crippen LogP contribution >= 0.6 is 0 Å². The fourth-order valence-corrected chi connectivity index (χ4v) is 2.14. The molecule has 0 aliphatic heterocycles. The minimum absolute atomic E-state index is 0.156. The van der Waals surface area contributed by atoms with E-state index in [1.807, 2.05) is 13.0 Å². The summed E-state index contributed by atoms with van der Waals surface area (Å²) >= 11 is 0. The SMILES string of the molecule is C[C@H](C=O)CC(C)(C)Cc1ccccc1. The normalized spacial score (nSPS) is 13.5. The molecule has 0 bridgehead atoms. The number of rotatable bonds is 5. The lowest BCUT2D eigenvalue weighted by Gasteiger charge is -2.26. The molecule has 0 aliphatic carbocycles. The van der Waals surface area contributed by atoms with Gasteiger partial charge >= 0.3 is 0 Å². The molecule has 1 aromatic carbocycles. The van der Waals surface area contributed by atoms with Gasteiger partial charge in [-0.1, -0.05) is 51.1 Å². The van der Waals surface area contributed by atoms with Gasteiger partial charge in [-0.05, 0) is 23.8 Å². The summed E-state index contributed by atoms with van der Waals surface area (Å²) in [6, 6.07) is 10.5. The van der Waals surface area contributed by atoms with Gasteiger partial charge in [0.1, 0.15) is 6.29 Å². The molecule has 0 saturated heterocycles. The maximum absolute atomic E-state index is 10.6. The summed E-state index contributed by atoms with van der Waals surface area (Å²) in [6.45, 7) is 6.43. The third-order valence-electron chi connectivity index (χ3n) is 2.63. The molecule has 0 spiro atoms. The second kappa shape index (κ2) is 5.11. The summed E-state index contributed by atoms with van der Waals surface area (Å²) in [7, 11) is 0. The molecule has 0 unspecified atom stereocenters. The van der Waals surface area contributed by atoms with Crippen molar-refractivity contribution >= 4 is 6.29 Å². The second-order valence-corrected chi connectivity index (χ2v) is 5.14. The van der Waals surface area contributed by atoms with Crippen LogP contribution in [0.25, 0.3) is 0 Å². The van der Waals surface area contributed by atoms with Crippen LogP contribution in [0, 0.1) is 11.3 Å². The third kappa shape index (κ3) is 4.28. The van der Waals surface area contributed by atoms with Gasteiger partial charge in [-0.3, -0.25) is 0 Å². The Hall–Kier alpha value is -1.11. The van der Waals surface area contributed by atoms with Crippen molar-refractivity contribution in [2.75, 3.05) is 0 Å². The van der Waals surface area contributed by atoms with Crippen molar-refractivity contribution in [3.63, 3.8) is 0 Å². The topological polar surface area (TPSA) is 17.1 Å². The number of hydrogen-bond acceptors (Lipinski definition) is 1. The van der Waals surface area contributed by atoms with Gasteiger partial charge in [0.15, 0.2) is 0 Å². The minimum atomic E-state index is 0.156. The van der Waals surface area contributed by atoms with E-state index in [0.29, 0.717) is 0 Å². The summed E-state index contributed by atoms with van der Waals surface area (Å²) in [5.41, 5.74) is 1.54. The molecule has 0 N–H and O–H groups in total. The van der Waals surface area contributed by atoms with Gasteiger partial charge in [-0.2, -0.15) is 0 Å². The molecule has 0 heterocycles. The zero-order valence-corrected chi connectivity index (χ0v) is 9.86. The molecule has 0 amide bonds. The Morgan fingerprint density at radius 3 is 2.40 bits per heavy atom. The van der Waals surface area contributed by atoms with Crippen LogP contribution in [-0.2, 0) is 11.2 Å². The Kier molecular flexibility index (Phi) is 4.07. The molecular formula is C14H20O. The highest BCUT2D eigenvalue weighted by Crippen LogP contribution is 2.28. The van der Waals surface area contributed by atoms with Crippen LogP contribution in [0.3, 0.4) is 0 Å². The Morgan fingerprint density at radius 1 is 1.27 bits per heavy atom. The van der Waals surface area contributed by atoms with Crippen molar-refractivity contribution in [1.82, 2.24) is 0 Å². The molecule has 15 heavy (non-hydrogen) atoms. The molecule has 0 fully saturated rings. The number of benzene rings is 1. The van der Waals surface area contributed by atoms with Crippen LogP contribution in [0.5, 0.6) is 0 Å². The zero-order chi connectivity index (χ0) is 11.3. The molecule has 0 aromatic heterocycles. The average molecular weight is 204 g/mol. The highest BCUT2D eigenvalue weighted by Gasteiger charge is 2.21. The summed E-state index contributed by atoms with van der Waals surface area (Å²) in [5.74, 6) is 0.156. The molecule has 1 atom stereocenters. The monoisotopic (exact) mass is 204 g/mol. The predicted octanol–water partition coefficient (Wildman–Crippen LogP) is 3.48. The zero-order valence-electron chi connectivity index (χ0n) is 9.86. The summed E-state index contributed by atoms with van der Waals surface area (Å²) in [5, 5.41) is 0. The van der Waals surface area contributed by atoms with Crippen LogP contribution in [-0.4, -0.2) is 6.29 Å². The Morgan fingerprint density at radius 2 is 1.87 bits per heavy atom. The van der Waals surface area contributed by atoms with Gasteiger partial charge in [-0.25, -0.2) is 0 Å². The van der Waals surface area contributed by atoms with Gasteiger partial charge in [0.25, 0.3) is 0 Å². The van der Waals surface area contributed by atoms with E-state index in [4.69, 9.17) is 0 Å². The van der Waals surface area contributed by atoms with Crippen molar-refractivity contribution in [2.45, 2.75) is 33.6 Å². The summed E-state index contributed by atoms with van der Waals surface area (Å²) in [6.07, 6.45) is 3.03. The number of carbonyl (C=O) groups is 1. The Balaban J connectivity index is 2.60. The van der Waals surface area contributed by atoms with Crippen LogP contribution in [0.2, 0.25) is 0 Å². The van der Waals surface area contributed by atoms with Crippen molar-refractivity contribution in [2.24, 2.45) is 11.3 Å². The molecular weight excluding hydrogens is 184 g/mol. The van der Waals surface area contributed by atoms with E-state index in [-0.39, 0.29) is 11.3 Å². The van der Waals surface area contributed by atoms with Crippen molar-refractivity contribution in [3.8, 4) is 0 Å². The first-order chi connectivity index (χ1) is 7.03. The van der Waals surface area contributed by atoms with Gasteiger partial charge in [0.05, 0.1) is 0 Å². The van der Waals surface area contributed by atoms with Crippen LogP contribution in [0.1, 0.15) is 32.8 Å². The molecule has 0 radical (unpaired) electrons. The molecule has 1 heteroatoms. The van der Waals surface area contributed by atoms with E-state index in [1.54, 1.807) is 0 Å². The maximum atomic E-state index is 10.6. The van der Waals surface area contributed by atoms with E-state index in [2.05, 4.69) is 38.1 Å². The van der Waals surface area contributed by atoms with Gasteiger partial charge in [-0.15, -0.1) is 0 Å². The molecule has 0 saturated carbocycles. The van der Waals surface area contributed by atoms with Gasteiger partial charge in [0, 0.05) is 5.92 Å². The number of aldehydes is 1.